The third kappa shape index (κ3) is 2.42. The molecule has 2 aromatic rings. The fourth-order valence-corrected chi connectivity index (χ4v) is 2.04. The van der Waals surface area contributed by atoms with Gasteiger partial charge in [-0.15, -0.1) is 0 Å². The maximum Gasteiger partial charge on any atom is 0.109 e. The van der Waals surface area contributed by atoms with Gasteiger partial charge < -0.3 is 9.52 Å². The predicted octanol–water partition coefficient (Wildman–Crippen LogP) is 3.49. The Balaban J connectivity index is 2.33. The van der Waals surface area contributed by atoms with E-state index in [-0.39, 0.29) is 0 Å². The summed E-state index contributed by atoms with van der Waals surface area (Å²) >= 11 is 0. The lowest BCUT2D eigenvalue weighted by Gasteiger charge is -2.12. The maximum absolute atomic E-state index is 10.4. The molecule has 1 aromatic carbocycles. The Morgan fingerprint density at radius 1 is 1.18 bits per heavy atom. The molecule has 1 N–H and O–H groups in total. The summed E-state index contributed by atoms with van der Waals surface area (Å²) in [6.07, 6.45) is 2.83. The van der Waals surface area contributed by atoms with Crippen LogP contribution in [0.25, 0.3) is 0 Å². The largest absolute Gasteiger partial charge is 0.469 e. The molecule has 90 valence electrons. The minimum absolute atomic E-state index is 0.588. The Bertz CT molecular complexity index is 485. The quantitative estimate of drug-likeness (QED) is 0.872. The van der Waals surface area contributed by atoms with Crippen molar-refractivity contribution in [2.45, 2.75) is 32.8 Å². The van der Waals surface area contributed by atoms with Crippen molar-refractivity contribution in [3.63, 3.8) is 0 Å². The Morgan fingerprint density at radius 3 is 2.71 bits per heavy atom. The Hall–Kier alpha value is -1.54. The molecule has 1 atom stereocenters. The van der Waals surface area contributed by atoms with E-state index in [1.165, 1.54) is 5.56 Å². The smallest absolute Gasteiger partial charge is 0.109 e. The molecular weight excluding hydrogens is 212 g/mol. The van der Waals surface area contributed by atoms with E-state index in [0.717, 1.165) is 29.7 Å². The lowest BCUT2D eigenvalue weighted by atomic mass is 9.99. The summed E-state index contributed by atoms with van der Waals surface area (Å²) in [5.41, 5.74) is 3.05. The van der Waals surface area contributed by atoms with Gasteiger partial charge in [-0.3, -0.25) is 0 Å². The number of aliphatic hydroxyl groups excluding tert-OH is 1. The molecule has 0 amide bonds. The highest BCUT2D eigenvalue weighted by Crippen LogP contribution is 2.26. The average molecular weight is 230 g/mol. The fourth-order valence-electron chi connectivity index (χ4n) is 2.04. The van der Waals surface area contributed by atoms with Gasteiger partial charge >= 0.3 is 0 Å². The summed E-state index contributed by atoms with van der Waals surface area (Å²) in [5.74, 6) is 0.861. The first-order valence-electron chi connectivity index (χ1n) is 6.09. The molecule has 0 aliphatic heterocycles. The van der Waals surface area contributed by atoms with Crippen molar-refractivity contribution >= 4 is 0 Å². The Labute approximate surface area is 102 Å². The highest BCUT2D eigenvalue weighted by Gasteiger charge is 2.16. The summed E-state index contributed by atoms with van der Waals surface area (Å²) in [7, 11) is 0. The van der Waals surface area contributed by atoms with E-state index in [9.17, 15) is 5.11 Å². The van der Waals surface area contributed by atoms with Crippen molar-refractivity contribution in [3.8, 4) is 0 Å². The molecule has 0 spiro atoms. The molecular formula is C15H18O2. The highest BCUT2D eigenvalue weighted by atomic mass is 16.3. The number of rotatable bonds is 4. The third-order valence-corrected chi connectivity index (χ3v) is 3.07. The molecule has 0 saturated carbocycles. The first-order valence-corrected chi connectivity index (χ1v) is 6.09. The third-order valence-electron chi connectivity index (χ3n) is 3.07. The Kier molecular flexibility index (Phi) is 3.64. The zero-order valence-electron chi connectivity index (χ0n) is 10.3. The van der Waals surface area contributed by atoms with Crippen molar-refractivity contribution < 1.29 is 9.52 Å². The van der Waals surface area contributed by atoms with Crippen LogP contribution in [0.3, 0.4) is 0 Å². The molecule has 0 aliphatic rings. The molecule has 1 aromatic heterocycles. The number of hydrogen-bond acceptors (Lipinski definition) is 2. The van der Waals surface area contributed by atoms with Crippen molar-refractivity contribution in [2.24, 2.45) is 0 Å². The van der Waals surface area contributed by atoms with Gasteiger partial charge in [-0.25, -0.2) is 0 Å². The minimum atomic E-state index is -0.588. The average Bonchev–Trinajstić information content (AvgIpc) is 2.86. The zero-order chi connectivity index (χ0) is 12.3. The van der Waals surface area contributed by atoms with Crippen LogP contribution in [0, 0.1) is 0 Å². The van der Waals surface area contributed by atoms with Crippen LogP contribution in [-0.2, 0) is 12.8 Å². The van der Waals surface area contributed by atoms with Crippen LogP contribution < -0.4 is 0 Å². The van der Waals surface area contributed by atoms with Gasteiger partial charge in [0.25, 0.3) is 0 Å². The number of hydrogen-bond donors (Lipinski definition) is 1. The van der Waals surface area contributed by atoms with Crippen LogP contribution in [0.2, 0.25) is 0 Å². The second kappa shape index (κ2) is 5.19. The van der Waals surface area contributed by atoms with E-state index < -0.39 is 6.10 Å². The van der Waals surface area contributed by atoms with Gasteiger partial charge in [0, 0.05) is 12.0 Å². The van der Waals surface area contributed by atoms with E-state index in [1.807, 2.05) is 25.1 Å². The first kappa shape index (κ1) is 11.9. The summed E-state index contributed by atoms with van der Waals surface area (Å²) in [4.78, 5) is 0. The van der Waals surface area contributed by atoms with Crippen LogP contribution in [0.4, 0.5) is 0 Å². The van der Waals surface area contributed by atoms with Gasteiger partial charge in [-0.2, -0.15) is 0 Å². The zero-order valence-corrected chi connectivity index (χ0v) is 10.3. The van der Waals surface area contributed by atoms with Gasteiger partial charge in [-0.05, 0) is 23.6 Å². The molecule has 0 aliphatic carbocycles. The highest BCUT2D eigenvalue weighted by molar-refractivity contribution is 5.33. The van der Waals surface area contributed by atoms with Crippen molar-refractivity contribution in [1.82, 2.24) is 0 Å². The van der Waals surface area contributed by atoms with E-state index in [0.29, 0.717) is 0 Å². The molecule has 0 saturated heterocycles. The van der Waals surface area contributed by atoms with Gasteiger partial charge in [0.2, 0.25) is 0 Å². The maximum atomic E-state index is 10.4. The standard InChI is InChI=1S/C15H18O2/c1-3-11-6-5-7-12(10-11)15(16)13-8-9-17-14(13)4-2/h5-10,15-16H,3-4H2,1-2H3. The summed E-state index contributed by atoms with van der Waals surface area (Å²) in [6.45, 7) is 4.14. The van der Waals surface area contributed by atoms with Crippen LogP contribution in [0.1, 0.15) is 42.4 Å². The van der Waals surface area contributed by atoms with Gasteiger partial charge in [0.15, 0.2) is 0 Å². The molecule has 2 heteroatoms. The van der Waals surface area contributed by atoms with E-state index in [1.54, 1.807) is 6.26 Å². The second-order valence-electron chi connectivity index (χ2n) is 4.15. The van der Waals surface area contributed by atoms with Gasteiger partial charge in [0.1, 0.15) is 11.9 Å². The summed E-state index contributed by atoms with van der Waals surface area (Å²) in [5, 5.41) is 10.4. The van der Waals surface area contributed by atoms with Gasteiger partial charge in [0.05, 0.1) is 6.26 Å². The van der Waals surface area contributed by atoms with E-state index in [2.05, 4.69) is 19.1 Å². The molecule has 1 heterocycles. The normalized spacial score (nSPS) is 12.6. The fraction of sp³-hybridized carbons (Fsp3) is 0.333. The van der Waals surface area contributed by atoms with Crippen LogP contribution in [0.15, 0.2) is 41.0 Å². The predicted molar refractivity (Wildman–Crippen MR) is 68.0 cm³/mol. The molecule has 0 fully saturated rings. The molecule has 0 radical (unpaired) electrons. The molecule has 17 heavy (non-hydrogen) atoms. The van der Waals surface area contributed by atoms with Crippen molar-refractivity contribution in [1.29, 1.82) is 0 Å². The molecule has 2 rings (SSSR count). The molecule has 1 unspecified atom stereocenters. The van der Waals surface area contributed by atoms with E-state index >= 15 is 0 Å². The number of aliphatic hydroxyl groups is 1. The molecule has 0 bridgehead atoms. The van der Waals surface area contributed by atoms with Crippen LogP contribution in [-0.4, -0.2) is 5.11 Å². The Morgan fingerprint density at radius 2 is 2.00 bits per heavy atom. The van der Waals surface area contributed by atoms with Crippen molar-refractivity contribution in [2.75, 3.05) is 0 Å². The van der Waals surface area contributed by atoms with Gasteiger partial charge in [-0.1, -0.05) is 38.1 Å². The van der Waals surface area contributed by atoms with E-state index in [4.69, 9.17) is 4.42 Å². The first-order chi connectivity index (χ1) is 8.26. The number of furan rings is 1. The monoisotopic (exact) mass is 230 g/mol. The molecule has 2 nitrogen and oxygen atoms in total. The summed E-state index contributed by atoms with van der Waals surface area (Å²) in [6, 6.07) is 9.92. The summed E-state index contributed by atoms with van der Waals surface area (Å²) < 4.78 is 5.35. The lowest BCUT2D eigenvalue weighted by Crippen LogP contribution is -2.01. The van der Waals surface area contributed by atoms with Crippen LogP contribution >= 0.6 is 0 Å². The van der Waals surface area contributed by atoms with Crippen molar-refractivity contribution in [3.05, 3.63) is 59.0 Å². The SMILES string of the molecule is CCc1cccc(C(O)c2ccoc2CC)c1. The number of aryl methyl sites for hydroxylation is 2. The second-order valence-corrected chi connectivity index (χ2v) is 4.15. The lowest BCUT2D eigenvalue weighted by molar-refractivity contribution is 0.217. The van der Waals surface area contributed by atoms with Crippen LogP contribution in [0.5, 0.6) is 0 Å². The number of benzene rings is 1. The minimum Gasteiger partial charge on any atom is -0.469 e. The topological polar surface area (TPSA) is 33.4 Å².